The molecule has 4 saturated carbocycles. The number of cyclic esters (lactones) is 1. The molecule has 0 radical (unpaired) electrons. The summed E-state index contributed by atoms with van der Waals surface area (Å²) in [6, 6.07) is 0. The Hall–Kier alpha value is -1.15. The fraction of sp³-hybridized carbons (Fsp3) is 0.914. The van der Waals surface area contributed by atoms with E-state index >= 15 is 0 Å². The summed E-state index contributed by atoms with van der Waals surface area (Å²) in [5, 5.41) is 72.4. The third-order valence-electron chi connectivity index (χ3n) is 13.9. The summed E-state index contributed by atoms with van der Waals surface area (Å²) in [4.78, 5) is 11.6. The molecule has 7 rings (SSSR count). The maximum absolute atomic E-state index is 12.1. The molecular weight excluding hydrogens is 596 g/mol. The Morgan fingerprint density at radius 3 is 1.91 bits per heavy atom. The zero-order valence-electron chi connectivity index (χ0n) is 27.7. The van der Waals surface area contributed by atoms with Gasteiger partial charge in [0.05, 0.1) is 54.4 Å². The van der Waals surface area contributed by atoms with E-state index in [2.05, 4.69) is 6.92 Å². The van der Waals surface area contributed by atoms with Crippen LogP contribution in [0.15, 0.2) is 11.6 Å². The van der Waals surface area contributed by atoms with E-state index in [0.29, 0.717) is 31.3 Å². The van der Waals surface area contributed by atoms with Crippen LogP contribution in [-0.4, -0.2) is 115 Å². The first kappa shape index (κ1) is 34.7. The highest BCUT2D eigenvalue weighted by molar-refractivity contribution is 5.85. The van der Waals surface area contributed by atoms with Gasteiger partial charge in [0.2, 0.25) is 0 Å². The monoisotopic (exact) mass is 652 g/mol. The van der Waals surface area contributed by atoms with E-state index in [1.807, 2.05) is 6.92 Å². The van der Waals surface area contributed by atoms with Crippen molar-refractivity contribution in [2.75, 3.05) is 6.61 Å². The van der Waals surface area contributed by atoms with E-state index in [1.165, 1.54) is 0 Å². The lowest BCUT2D eigenvalue weighted by Gasteiger charge is -2.64. The van der Waals surface area contributed by atoms with Crippen molar-refractivity contribution < 1.29 is 54.8 Å². The van der Waals surface area contributed by atoms with E-state index < -0.39 is 53.7 Å². The average molecular weight is 653 g/mol. The van der Waals surface area contributed by atoms with Crippen LogP contribution in [0.1, 0.15) is 91.9 Å². The molecule has 17 atom stereocenters. The molecular formula is C35H56O11. The highest BCUT2D eigenvalue weighted by Gasteiger charge is 2.70. The summed E-state index contributed by atoms with van der Waals surface area (Å²) in [6.07, 6.45) is 3.07. The number of hydrogen-bond donors (Lipinski definition) is 7. The Balaban J connectivity index is 0.000000179. The molecule has 11 heteroatoms. The molecule has 0 spiro atoms. The number of carbonyl (C=O) groups is 1. The first-order valence-corrected chi connectivity index (χ1v) is 17.6. The van der Waals surface area contributed by atoms with Gasteiger partial charge in [-0.2, -0.15) is 0 Å². The SMILES string of the molecule is CC1O[C@H]([C@@H]2C[C@@H](O)C(O)C(C)O2)C[C@@H](O)C1O.C[C@]12CC[C@H](O)C[C@H]1CC[C@@H]1[C@@H]2C[C@@H](O)[C@]2(C)[C@@H](C3=CC(=O)OC3)CC[C@]12O. The summed E-state index contributed by atoms with van der Waals surface area (Å²) in [6.45, 7) is 8.08. The van der Waals surface area contributed by atoms with Crippen LogP contribution in [0, 0.1) is 34.5 Å². The molecule has 3 heterocycles. The zero-order valence-corrected chi connectivity index (χ0v) is 27.7. The lowest BCUT2D eigenvalue weighted by Crippen LogP contribution is -2.67. The number of ether oxygens (including phenoxy) is 3. The van der Waals surface area contributed by atoms with Gasteiger partial charge in [-0.3, -0.25) is 0 Å². The van der Waals surface area contributed by atoms with Crippen LogP contribution in [0.4, 0.5) is 0 Å². The maximum atomic E-state index is 12.1. The molecule has 0 amide bonds. The molecule has 46 heavy (non-hydrogen) atoms. The maximum Gasteiger partial charge on any atom is 0.331 e. The van der Waals surface area contributed by atoms with Gasteiger partial charge >= 0.3 is 5.97 Å². The number of aliphatic hydroxyl groups excluding tert-OH is 6. The van der Waals surface area contributed by atoms with Crippen molar-refractivity contribution in [3.63, 3.8) is 0 Å². The van der Waals surface area contributed by atoms with Crippen molar-refractivity contribution in [3.8, 4) is 0 Å². The number of rotatable bonds is 2. The number of fused-ring (bicyclic) bond motifs is 5. The lowest BCUT2D eigenvalue weighted by molar-refractivity contribution is -0.244. The molecule has 0 aromatic heterocycles. The van der Waals surface area contributed by atoms with Crippen LogP contribution in [-0.2, 0) is 19.0 Å². The van der Waals surface area contributed by atoms with Gasteiger partial charge in [0.1, 0.15) is 18.8 Å². The fourth-order valence-electron chi connectivity index (χ4n) is 11.0. The van der Waals surface area contributed by atoms with E-state index in [4.69, 9.17) is 14.2 Å². The minimum Gasteiger partial charge on any atom is -0.458 e. The van der Waals surface area contributed by atoms with Gasteiger partial charge in [-0.05, 0) is 99.9 Å². The molecule has 2 saturated heterocycles. The number of aliphatic hydroxyl groups is 7. The van der Waals surface area contributed by atoms with Crippen LogP contribution in [0.25, 0.3) is 0 Å². The molecule has 6 fully saturated rings. The molecule has 11 nitrogen and oxygen atoms in total. The molecule has 0 bridgehead atoms. The van der Waals surface area contributed by atoms with Crippen molar-refractivity contribution in [2.24, 2.45) is 34.5 Å². The summed E-state index contributed by atoms with van der Waals surface area (Å²) in [7, 11) is 0. The quantitative estimate of drug-likeness (QED) is 0.214. The second kappa shape index (κ2) is 12.6. The van der Waals surface area contributed by atoms with Gasteiger partial charge in [-0.15, -0.1) is 0 Å². The highest BCUT2D eigenvalue weighted by atomic mass is 16.6. The average Bonchev–Trinajstić information content (AvgIpc) is 3.56. The van der Waals surface area contributed by atoms with E-state index in [9.17, 15) is 40.5 Å². The molecule has 0 aromatic rings. The number of hydrogen-bond acceptors (Lipinski definition) is 11. The van der Waals surface area contributed by atoms with Gasteiger partial charge in [-0.1, -0.05) is 13.8 Å². The van der Waals surface area contributed by atoms with Crippen LogP contribution in [0.3, 0.4) is 0 Å². The summed E-state index contributed by atoms with van der Waals surface area (Å²) in [5.74, 6) is 0.657. The van der Waals surface area contributed by atoms with E-state index in [1.54, 1.807) is 19.9 Å². The Morgan fingerprint density at radius 2 is 1.37 bits per heavy atom. The molecule has 262 valence electrons. The number of carbonyl (C=O) groups excluding carboxylic acids is 1. The Bertz CT molecular complexity index is 1110. The Labute approximate surface area is 271 Å². The van der Waals surface area contributed by atoms with E-state index in [0.717, 1.165) is 44.1 Å². The van der Waals surface area contributed by atoms with Gasteiger partial charge in [0.15, 0.2) is 0 Å². The van der Waals surface area contributed by atoms with Crippen LogP contribution < -0.4 is 0 Å². The van der Waals surface area contributed by atoms with Crippen LogP contribution >= 0.6 is 0 Å². The number of esters is 1. The largest absolute Gasteiger partial charge is 0.458 e. The zero-order chi connectivity index (χ0) is 33.3. The molecule has 0 aromatic carbocycles. The second-order valence-corrected chi connectivity index (χ2v) is 16.1. The minimum absolute atomic E-state index is 0.00129. The summed E-state index contributed by atoms with van der Waals surface area (Å²) in [5.41, 5.74) is -0.507. The van der Waals surface area contributed by atoms with Gasteiger partial charge in [0, 0.05) is 24.3 Å². The topological polar surface area (TPSA) is 186 Å². The normalized spacial score (nSPS) is 55.2. The van der Waals surface area contributed by atoms with Crippen molar-refractivity contribution in [1.82, 2.24) is 0 Å². The third kappa shape index (κ3) is 5.59. The second-order valence-electron chi connectivity index (χ2n) is 16.1. The van der Waals surface area contributed by atoms with Crippen LogP contribution in [0.5, 0.6) is 0 Å². The van der Waals surface area contributed by atoms with Gasteiger partial charge in [-0.25, -0.2) is 4.79 Å². The van der Waals surface area contributed by atoms with Gasteiger partial charge < -0.3 is 50.0 Å². The molecule has 7 aliphatic rings. The molecule has 3 aliphatic heterocycles. The van der Waals surface area contributed by atoms with Crippen molar-refractivity contribution in [2.45, 2.75) is 159 Å². The predicted molar refractivity (Wildman–Crippen MR) is 165 cm³/mol. The Morgan fingerprint density at radius 1 is 0.761 bits per heavy atom. The summed E-state index contributed by atoms with van der Waals surface area (Å²) < 4.78 is 16.4. The van der Waals surface area contributed by atoms with Gasteiger partial charge in [0.25, 0.3) is 0 Å². The molecule has 7 N–H and O–H groups in total. The molecule has 4 aliphatic carbocycles. The minimum atomic E-state index is -0.906. The predicted octanol–water partition coefficient (Wildman–Crippen LogP) is 1.36. The standard InChI is InChI=1S/C23H34O5.C12H22O6/c1-21-7-5-15(24)10-14(21)3-4-17-18(21)11-19(25)22(2)16(6-8-23(17,22)27)13-9-20(26)28-12-13;1-5-11(15)7(13)3-9(17-5)10-4-8(14)12(16)6(2)18-10/h9,14-19,24-25,27H,3-8,10-12H2,1-2H3;5-16H,3-4H2,1-2H3/t14-,15+,16-,17-,18+,19-,21+,22+,23+;5?,6?,7-,8-,9+,10+,11?,12?/m11/s1. The fourth-order valence-corrected chi connectivity index (χ4v) is 11.0. The molecule has 4 unspecified atom stereocenters. The van der Waals surface area contributed by atoms with Crippen molar-refractivity contribution in [3.05, 3.63) is 11.6 Å². The third-order valence-corrected chi connectivity index (χ3v) is 13.9. The highest BCUT2D eigenvalue weighted by Crippen LogP contribution is 2.69. The smallest absolute Gasteiger partial charge is 0.331 e. The van der Waals surface area contributed by atoms with Crippen molar-refractivity contribution in [1.29, 1.82) is 0 Å². The Kier molecular flexibility index (Phi) is 9.53. The first-order chi connectivity index (χ1) is 21.6. The lowest BCUT2D eigenvalue weighted by atomic mass is 9.42. The van der Waals surface area contributed by atoms with Crippen LogP contribution in [0.2, 0.25) is 0 Å². The first-order valence-electron chi connectivity index (χ1n) is 17.6. The summed E-state index contributed by atoms with van der Waals surface area (Å²) >= 11 is 0. The van der Waals surface area contributed by atoms with Crippen molar-refractivity contribution >= 4 is 5.97 Å². The van der Waals surface area contributed by atoms with E-state index in [-0.39, 0.29) is 54.4 Å².